The third kappa shape index (κ3) is 1.31. The minimum absolute atomic E-state index is 0.258. The molecule has 74 valence electrons. The molecule has 0 radical (unpaired) electrons. The van der Waals surface area contributed by atoms with Crippen molar-refractivity contribution in [2.75, 3.05) is 13.1 Å². The standard InChI is InChI=1S/C11H19NO/c13-11(9-3-4-9)5-7-12-6-1-2-10(12)8-11/h9-10,13H,1-8H2. The van der Waals surface area contributed by atoms with Gasteiger partial charge in [-0.15, -0.1) is 0 Å². The average molecular weight is 181 g/mol. The lowest BCUT2D eigenvalue weighted by molar-refractivity contribution is -0.0527. The molecular weight excluding hydrogens is 162 g/mol. The predicted octanol–water partition coefficient (Wildman–Crippen LogP) is 1.39. The molecule has 1 saturated carbocycles. The van der Waals surface area contributed by atoms with E-state index >= 15 is 0 Å². The van der Waals surface area contributed by atoms with Gasteiger partial charge < -0.3 is 10.0 Å². The van der Waals surface area contributed by atoms with Crippen LogP contribution in [-0.4, -0.2) is 34.7 Å². The highest BCUT2D eigenvalue weighted by atomic mass is 16.3. The van der Waals surface area contributed by atoms with Gasteiger partial charge in [-0.1, -0.05) is 0 Å². The third-order valence-corrected chi connectivity index (χ3v) is 4.26. The second-order valence-electron chi connectivity index (χ2n) is 5.16. The molecule has 2 aliphatic heterocycles. The molecule has 0 bridgehead atoms. The number of aliphatic hydroxyl groups is 1. The number of hydrogen-bond acceptors (Lipinski definition) is 2. The Morgan fingerprint density at radius 2 is 2.00 bits per heavy atom. The summed E-state index contributed by atoms with van der Waals surface area (Å²) in [4.78, 5) is 2.58. The van der Waals surface area contributed by atoms with Crippen molar-refractivity contribution < 1.29 is 5.11 Å². The van der Waals surface area contributed by atoms with Gasteiger partial charge in [0.15, 0.2) is 0 Å². The van der Waals surface area contributed by atoms with Crippen LogP contribution in [0.4, 0.5) is 0 Å². The molecule has 2 heteroatoms. The lowest BCUT2D eigenvalue weighted by Gasteiger charge is -2.41. The zero-order valence-electron chi connectivity index (χ0n) is 8.21. The molecule has 1 aliphatic carbocycles. The fraction of sp³-hybridized carbons (Fsp3) is 1.00. The highest BCUT2D eigenvalue weighted by Crippen LogP contribution is 2.47. The lowest BCUT2D eigenvalue weighted by Crippen LogP contribution is -2.48. The molecule has 0 spiro atoms. The quantitative estimate of drug-likeness (QED) is 0.660. The number of nitrogens with zero attached hydrogens (tertiary/aromatic N) is 1. The van der Waals surface area contributed by atoms with Gasteiger partial charge in [-0.25, -0.2) is 0 Å². The fourth-order valence-corrected chi connectivity index (χ4v) is 3.26. The van der Waals surface area contributed by atoms with E-state index in [1.165, 1.54) is 32.2 Å². The molecule has 3 aliphatic rings. The van der Waals surface area contributed by atoms with E-state index in [0.717, 1.165) is 25.4 Å². The Labute approximate surface area is 79.9 Å². The first-order chi connectivity index (χ1) is 6.28. The maximum Gasteiger partial charge on any atom is 0.0702 e. The number of hydrogen-bond donors (Lipinski definition) is 1. The van der Waals surface area contributed by atoms with Crippen molar-refractivity contribution in [1.82, 2.24) is 4.90 Å². The maximum absolute atomic E-state index is 10.4. The van der Waals surface area contributed by atoms with Crippen molar-refractivity contribution in [3.05, 3.63) is 0 Å². The van der Waals surface area contributed by atoms with Gasteiger partial charge in [0.1, 0.15) is 0 Å². The second-order valence-corrected chi connectivity index (χ2v) is 5.16. The van der Waals surface area contributed by atoms with E-state index in [2.05, 4.69) is 4.90 Å². The summed E-state index contributed by atoms with van der Waals surface area (Å²) in [5.41, 5.74) is -0.258. The monoisotopic (exact) mass is 181 g/mol. The van der Waals surface area contributed by atoms with Crippen LogP contribution in [0.1, 0.15) is 38.5 Å². The smallest absolute Gasteiger partial charge is 0.0702 e. The topological polar surface area (TPSA) is 23.5 Å². The Kier molecular flexibility index (Phi) is 1.72. The molecule has 2 unspecified atom stereocenters. The molecule has 2 atom stereocenters. The Balaban J connectivity index is 1.73. The van der Waals surface area contributed by atoms with E-state index in [0.29, 0.717) is 5.92 Å². The van der Waals surface area contributed by atoms with Crippen molar-refractivity contribution >= 4 is 0 Å². The van der Waals surface area contributed by atoms with Crippen molar-refractivity contribution in [2.45, 2.75) is 50.2 Å². The molecule has 0 aromatic heterocycles. The van der Waals surface area contributed by atoms with Crippen LogP contribution in [0, 0.1) is 5.92 Å². The van der Waals surface area contributed by atoms with Gasteiger partial charge in [0.25, 0.3) is 0 Å². The molecular formula is C11H19NO. The summed E-state index contributed by atoms with van der Waals surface area (Å²) < 4.78 is 0. The molecule has 13 heavy (non-hydrogen) atoms. The Bertz CT molecular complexity index is 214. The van der Waals surface area contributed by atoms with E-state index in [1.807, 2.05) is 0 Å². The zero-order valence-corrected chi connectivity index (χ0v) is 8.21. The van der Waals surface area contributed by atoms with Gasteiger partial charge in [0.2, 0.25) is 0 Å². The van der Waals surface area contributed by atoms with Crippen molar-refractivity contribution in [1.29, 1.82) is 0 Å². The summed E-state index contributed by atoms with van der Waals surface area (Å²) in [5.74, 6) is 0.662. The normalized spacial score (nSPS) is 46.4. The van der Waals surface area contributed by atoms with Crippen molar-refractivity contribution in [2.24, 2.45) is 5.92 Å². The van der Waals surface area contributed by atoms with Gasteiger partial charge >= 0.3 is 0 Å². The van der Waals surface area contributed by atoms with Crippen LogP contribution in [0.2, 0.25) is 0 Å². The van der Waals surface area contributed by atoms with E-state index in [4.69, 9.17) is 0 Å². The van der Waals surface area contributed by atoms with Gasteiger partial charge in [-0.2, -0.15) is 0 Å². The van der Waals surface area contributed by atoms with Crippen LogP contribution >= 0.6 is 0 Å². The molecule has 0 aromatic carbocycles. The van der Waals surface area contributed by atoms with E-state index in [9.17, 15) is 5.11 Å². The number of piperidine rings is 1. The molecule has 0 amide bonds. The summed E-state index contributed by atoms with van der Waals surface area (Å²) >= 11 is 0. The Hall–Kier alpha value is -0.0800. The van der Waals surface area contributed by atoms with E-state index < -0.39 is 0 Å². The van der Waals surface area contributed by atoms with E-state index in [-0.39, 0.29) is 5.60 Å². The van der Waals surface area contributed by atoms with E-state index in [1.54, 1.807) is 0 Å². The highest BCUT2D eigenvalue weighted by molar-refractivity contribution is 5.02. The molecule has 3 fully saturated rings. The summed E-state index contributed by atoms with van der Waals surface area (Å²) in [6, 6.07) is 0.722. The minimum atomic E-state index is -0.258. The molecule has 0 aromatic rings. The Morgan fingerprint density at radius 3 is 2.77 bits per heavy atom. The van der Waals surface area contributed by atoms with Crippen LogP contribution in [0.25, 0.3) is 0 Å². The summed E-state index contributed by atoms with van der Waals surface area (Å²) in [7, 11) is 0. The molecule has 1 N–H and O–H groups in total. The fourth-order valence-electron chi connectivity index (χ4n) is 3.26. The summed E-state index contributed by atoms with van der Waals surface area (Å²) in [6.45, 7) is 2.43. The minimum Gasteiger partial charge on any atom is -0.389 e. The lowest BCUT2D eigenvalue weighted by atomic mass is 9.83. The SMILES string of the molecule is OC1(C2CC2)CCN2CCCC2C1. The van der Waals surface area contributed by atoms with Gasteiger partial charge in [-0.05, 0) is 51.0 Å². The highest BCUT2D eigenvalue weighted by Gasteiger charge is 2.48. The number of fused-ring (bicyclic) bond motifs is 1. The molecule has 3 rings (SSSR count). The predicted molar refractivity (Wildman–Crippen MR) is 51.5 cm³/mol. The molecule has 2 nitrogen and oxygen atoms in total. The average Bonchev–Trinajstić information content (AvgIpc) is 2.87. The van der Waals surface area contributed by atoms with Gasteiger partial charge in [-0.3, -0.25) is 0 Å². The van der Waals surface area contributed by atoms with Gasteiger partial charge in [0, 0.05) is 12.6 Å². The van der Waals surface area contributed by atoms with Crippen LogP contribution in [0.5, 0.6) is 0 Å². The first kappa shape index (κ1) is 8.25. The zero-order chi connectivity index (χ0) is 8.89. The van der Waals surface area contributed by atoms with Gasteiger partial charge in [0.05, 0.1) is 5.60 Å². The van der Waals surface area contributed by atoms with Crippen molar-refractivity contribution in [3.63, 3.8) is 0 Å². The summed E-state index contributed by atoms with van der Waals surface area (Å²) in [6.07, 6.45) is 7.35. The van der Waals surface area contributed by atoms with Crippen LogP contribution in [0.3, 0.4) is 0 Å². The Morgan fingerprint density at radius 1 is 1.15 bits per heavy atom. The summed E-state index contributed by atoms with van der Waals surface area (Å²) in [5, 5.41) is 10.4. The molecule has 2 heterocycles. The van der Waals surface area contributed by atoms with Crippen molar-refractivity contribution in [3.8, 4) is 0 Å². The second kappa shape index (κ2) is 2.71. The van der Waals surface area contributed by atoms with Crippen LogP contribution in [-0.2, 0) is 0 Å². The maximum atomic E-state index is 10.4. The first-order valence-electron chi connectivity index (χ1n) is 5.74. The third-order valence-electron chi connectivity index (χ3n) is 4.26. The first-order valence-corrected chi connectivity index (χ1v) is 5.74. The van der Waals surface area contributed by atoms with Crippen LogP contribution < -0.4 is 0 Å². The largest absolute Gasteiger partial charge is 0.389 e. The van der Waals surface area contributed by atoms with Crippen LogP contribution in [0.15, 0.2) is 0 Å². The molecule has 2 saturated heterocycles. The number of rotatable bonds is 1.